The van der Waals surface area contributed by atoms with Crippen LogP contribution in [0.1, 0.15) is 5.56 Å². The molecule has 0 atom stereocenters. The third kappa shape index (κ3) is 4.79. The number of hydrogen-bond donors (Lipinski definition) is 0. The summed E-state index contributed by atoms with van der Waals surface area (Å²) in [5.74, 6) is 0. The van der Waals surface area contributed by atoms with Crippen molar-refractivity contribution in [3.05, 3.63) is 212 Å². The second-order valence-electron chi connectivity index (χ2n) is 23.8. The lowest BCUT2D eigenvalue weighted by molar-refractivity contribution is 0.669. The van der Waals surface area contributed by atoms with Crippen LogP contribution >= 0.6 is 11.8 Å². The summed E-state index contributed by atoms with van der Waals surface area (Å²) in [5, 5.41) is 14.7. The lowest BCUT2D eigenvalue weighted by Crippen LogP contribution is -2.55. The van der Waals surface area contributed by atoms with Gasteiger partial charge in [-0.2, -0.15) is 0 Å². The Balaban J connectivity index is 0.836. The highest BCUT2D eigenvalue weighted by atomic mass is 32.2. The van der Waals surface area contributed by atoms with Gasteiger partial charge in [-0.3, -0.25) is 0 Å². The first-order valence-electron chi connectivity index (χ1n) is 28.8. The van der Waals surface area contributed by atoms with Crippen LogP contribution in [-0.2, 0) is 0 Å². The average Bonchev–Trinajstić information content (AvgIpc) is 3.26. The number of nitrogens with zero attached hydrogens (tertiary/aromatic N) is 4. The van der Waals surface area contributed by atoms with Crippen LogP contribution in [-0.4, -0.2) is 38.0 Å². The molecular weight excluding hydrogens is 1030 g/mol. The van der Waals surface area contributed by atoms with E-state index in [1.807, 2.05) is 11.8 Å². The van der Waals surface area contributed by atoms with Gasteiger partial charge in [0.25, 0.3) is 0 Å². The number of aryl methyl sites for hydroxylation is 1. The van der Waals surface area contributed by atoms with Gasteiger partial charge in [0.15, 0.2) is 0 Å². The second kappa shape index (κ2) is 14.3. The summed E-state index contributed by atoms with van der Waals surface area (Å²) in [6.07, 6.45) is 2.21. The molecule has 22 rings (SSSR count). The highest BCUT2D eigenvalue weighted by molar-refractivity contribution is 7.98. The third-order valence-corrected chi connectivity index (χ3v) is 20.7. The van der Waals surface area contributed by atoms with Crippen molar-refractivity contribution in [2.45, 2.75) is 11.8 Å². The van der Waals surface area contributed by atoms with Crippen molar-refractivity contribution in [1.29, 1.82) is 0 Å². The Bertz CT molecular complexity index is 6220. The maximum atomic E-state index is 7.53. The number of thioether (sulfide) groups is 1. The van der Waals surface area contributed by atoms with Crippen molar-refractivity contribution in [3.8, 4) is 44.8 Å². The van der Waals surface area contributed by atoms with Crippen molar-refractivity contribution in [3.63, 3.8) is 0 Å². The summed E-state index contributed by atoms with van der Waals surface area (Å²) in [5.41, 5.74) is 29.7. The summed E-state index contributed by atoms with van der Waals surface area (Å²) in [6.45, 7) is 2.09. The average molecular weight is 1070 g/mol. The molecule has 10 heterocycles. The standard InChI is InChI=1S/C74H40B2N4O2S/c1-37-30-51-42-15-3-7-24-56(42)78-61-36-63-64(65-47-21-12-19-45-41-14-5-9-26-58(41)79(69(45)47)75(67(61)65)54(31-37)71(51)78)49-23-11-18-40(73(49)82-63)38-28-29-59-50(32-38)46-20-13-22-48-66-68-60(35-53-44-17-6-10-27-62(44)81-74(53)66)77-57-25-8-4-16-43(57)52-33-39(83-2)34-55(72(52)77)76(68)80(59)70(46)48/h3-36H,1-2H3. The van der Waals surface area contributed by atoms with Crippen molar-refractivity contribution in [2.24, 2.45) is 0 Å². The first kappa shape index (κ1) is 42.8. The van der Waals surface area contributed by atoms with E-state index in [4.69, 9.17) is 8.83 Å². The third-order valence-electron chi connectivity index (χ3n) is 20.0. The van der Waals surface area contributed by atoms with Crippen LogP contribution in [0, 0.1) is 6.92 Å². The Morgan fingerprint density at radius 2 is 0.928 bits per heavy atom. The van der Waals surface area contributed by atoms with E-state index < -0.39 is 0 Å². The molecule has 4 aliphatic heterocycles. The smallest absolute Gasteiger partial charge is 0.333 e. The second-order valence-corrected chi connectivity index (χ2v) is 24.6. The van der Waals surface area contributed by atoms with Gasteiger partial charge in [0.05, 0.1) is 22.1 Å². The van der Waals surface area contributed by atoms with Crippen molar-refractivity contribution in [2.75, 3.05) is 6.26 Å². The zero-order valence-corrected chi connectivity index (χ0v) is 45.6. The Morgan fingerprint density at radius 3 is 1.66 bits per heavy atom. The van der Waals surface area contributed by atoms with Gasteiger partial charge < -0.3 is 26.9 Å². The van der Waals surface area contributed by atoms with Crippen molar-refractivity contribution < 1.29 is 8.83 Å². The minimum Gasteiger partial charge on any atom is -0.455 e. The number of hydrogen-bond acceptors (Lipinski definition) is 3. The number of aromatic nitrogens is 4. The Kier molecular flexibility index (Phi) is 7.38. The molecule has 0 bridgehead atoms. The van der Waals surface area contributed by atoms with E-state index >= 15 is 0 Å². The number of furan rings is 2. The van der Waals surface area contributed by atoms with E-state index in [9.17, 15) is 0 Å². The maximum absolute atomic E-state index is 7.53. The van der Waals surface area contributed by atoms with Gasteiger partial charge in [-0.25, -0.2) is 0 Å². The van der Waals surface area contributed by atoms with Crippen LogP contribution in [0.15, 0.2) is 220 Å². The quantitative estimate of drug-likeness (QED) is 0.128. The van der Waals surface area contributed by atoms with E-state index in [2.05, 4.69) is 238 Å². The molecule has 4 aliphatic rings. The number of rotatable bonds is 2. The van der Waals surface area contributed by atoms with Gasteiger partial charge in [-0.1, -0.05) is 145 Å². The largest absolute Gasteiger partial charge is 0.455 e. The molecule has 0 saturated carbocycles. The molecular formula is C74H40B2N4O2S. The van der Waals surface area contributed by atoms with E-state index in [0.717, 1.165) is 49.6 Å². The molecule has 18 aromatic rings. The summed E-state index contributed by atoms with van der Waals surface area (Å²) >= 11 is 1.82. The SMILES string of the molecule is CSc1cc2c3c(c1)c1ccccc1n3-c1cc3c(oc4ccccc43)c3c1B2n1c2ccc(-c4cccc5c4oc4cc6c7c(c45)-c4cccc5c8ccccc8n(c45)B7c4cc(C)cc5c7ccccc7n-6c45)cc2c2cccc-3c21. The maximum Gasteiger partial charge on any atom is 0.333 e. The van der Waals surface area contributed by atoms with Crippen LogP contribution in [0.5, 0.6) is 0 Å². The molecule has 0 saturated heterocycles. The summed E-state index contributed by atoms with van der Waals surface area (Å²) < 4.78 is 25.1. The van der Waals surface area contributed by atoms with E-state index in [0.29, 0.717) is 0 Å². The Morgan fingerprint density at radius 1 is 0.373 bits per heavy atom. The van der Waals surface area contributed by atoms with Gasteiger partial charge in [0.1, 0.15) is 22.3 Å². The fourth-order valence-electron chi connectivity index (χ4n) is 17.0. The van der Waals surface area contributed by atoms with Crippen LogP contribution in [0.2, 0.25) is 0 Å². The topological polar surface area (TPSA) is 46.0 Å². The predicted octanol–water partition coefficient (Wildman–Crippen LogP) is 16.5. The molecule has 0 unspecified atom stereocenters. The molecule has 6 aromatic heterocycles. The zero-order chi connectivity index (χ0) is 53.6. The molecule has 9 heteroatoms. The van der Waals surface area contributed by atoms with E-state index in [1.54, 1.807) is 0 Å². The van der Waals surface area contributed by atoms with Crippen LogP contribution in [0.3, 0.4) is 0 Å². The molecule has 380 valence electrons. The molecule has 6 nitrogen and oxygen atoms in total. The molecule has 0 aliphatic carbocycles. The van der Waals surface area contributed by atoms with Crippen molar-refractivity contribution in [1.82, 2.24) is 18.1 Å². The predicted molar refractivity (Wildman–Crippen MR) is 349 cm³/mol. The lowest BCUT2D eigenvalue weighted by atomic mass is 9.45. The lowest BCUT2D eigenvalue weighted by Gasteiger charge is -2.34. The highest BCUT2D eigenvalue weighted by Crippen LogP contribution is 2.52. The molecule has 12 aromatic carbocycles. The number of para-hydroxylation sites is 7. The zero-order valence-electron chi connectivity index (χ0n) is 44.8. The molecule has 0 spiro atoms. The summed E-state index contributed by atoms with van der Waals surface area (Å²) in [4.78, 5) is 1.26. The number of benzene rings is 12. The van der Waals surface area contributed by atoms with Gasteiger partial charge in [0, 0.05) is 131 Å². The minimum absolute atomic E-state index is 0.0571. The summed E-state index contributed by atoms with van der Waals surface area (Å²) in [6, 6.07) is 78.0. The highest BCUT2D eigenvalue weighted by Gasteiger charge is 2.45. The Hall–Kier alpha value is -10.1. The first-order valence-corrected chi connectivity index (χ1v) is 30.1. The fourth-order valence-corrected chi connectivity index (χ4v) is 17.5. The van der Waals surface area contributed by atoms with Gasteiger partial charge in [-0.15, -0.1) is 11.8 Å². The monoisotopic (exact) mass is 1070 g/mol. The molecule has 0 amide bonds. The van der Waals surface area contributed by atoms with E-state index in [1.165, 1.54) is 159 Å². The van der Waals surface area contributed by atoms with Crippen LogP contribution in [0.25, 0.3) is 176 Å². The summed E-state index contributed by atoms with van der Waals surface area (Å²) in [7, 11) is 0. The first-order chi connectivity index (χ1) is 41.1. The number of fused-ring (bicyclic) bond motifs is 28. The van der Waals surface area contributed by atoms with Crippen molar-refractivity contribution >= 4 is 178 Å². The van der Waals surface area contributed by atoms with Crippen LogP contribution in [0.4, 0.5) is 0 Å². The fraction of sp³-hybridized carbons (Fsp3) is 0.0270. The minimum atomic E-state index is -0.118. The molecule has 0 N–H and O–H groups in total. The molecule has 0 radical (unpaired) electrons. The Labute approximate surface area is 477 Å². The molecule has 0 fully saturated rings. The van der Waals surface area contributed by atoms with E-state index in [-0.39, 0.29) is 13.7 Å². The normalized spacial score (nSPS) is 13.7. The van der Waals surface area contributed by atoms with Gasteiger partial charge >= 0.3 is 13.7 Å². The van der Waals surface area contributed by atoms with Gasteiger partial charge in [0.2, 0.25) is 0 Å². The van der Waals surface area contributed by atoms with Crippen LogP contribution < -0.4 is 21.9 Å². The molecule has 83 heavy (non-hydrogen) atoms. The van der Waals surface area contributed by atoms with Gasteiger partial charge in [-0.05, 0) is 107 Å².